The number of anilines is 2. The van der Waals surface area contributed by atoms with Gasteiger partial charge in [-0.3, -0.25) is 8.80 Å². The molecule has 9 rings (SSSR count). The van der Waals surface area contributed by atoms with Gasteiger partial charge in [-0.15, -0.1) is 0 Å². The van der Waals surface area contributed by atoms with Gasteiger partial charge in [-0.25, -0.2) is 41.5 Å². The van der Waals surface area contributed by atoms with Crippen molar-refractivity contribution in [3.8, 4) is 11.5 Å². The Labute approximate surface area is 345 Å². The van der Waals surface area contributed by atoms with Gasteiger partial charge in [0.25, 0.3) is 0 Å². The highest BCUT2D eigenvalue weighted by atomic mass is 19.1. The summed E-state index contributed by atoms with van der Waals surface area (Å²) in [5.74, 6) is -2.33. The molecule has 3 aliphatic heterocycles. The van der Waals surface area contributed by atoms with E-state index in [1.165, 1.54) is 51.5 Å². The van der Waals surface area contributed by atoms with Crippen LogP contribution in [-0.2, 0) is 4.74 Å². The van der Waals surface area contributed by atoms with Crippen molar-refractivity contribution >= 4 is 34.6 Å². The van der Waals surface area contributed by atoms with Crippen LogP contribution in [0.15, 0.2) is 85.5 Å². The van der Waals surface area contributed by atoms with Gasteiger partial charge in [0, 0.05) is 62.3 Å². The Bertz CT molecular complexity index is 2550. The Morgan fingerprint density at radius 3 is 1.70 bits per heavy atom. The number of hydrogen-bond acceptors (Lipinski definition) is 9. The molecule has 0 saturated carbocycles. The number of alkyl halides is 3. The third kappa shape index (κ3) is 8.75. The first-order valence-corrected chi connectivity index (χ1v) is 19.7. The van der Waals surface area contributed by atoms with E-state index in [2.05, 4.69) is 9.97 Å². The maximum atomic E-state index is 14.6. The highest BCUT2D eigenvalue weighted by Gasteiger charge is 2.37. The summed E-state index contributed by atoms with van der Waals surface area (Å²) in [6.45, 7) is 0.493. The third-order valence-electron chi connectivity index (χ3n) is 11.0. The van der Waals surface area contributed by atoms with Crippen molar-refractivity contribution in [2.24, 2.45) is 0 Å². The van der Waals surface area contributed by atoms with Crippen molar-refractivity contribution in [3.05, 3.63) is 120 Å². The molecule has 2 N–H and O–H groups in total. The molecule has 0 aliphatic carbocycles. The molecular weight excluding hydrogens is 807 g/mol. The number of benzene rings is 2. The molecule has 4 atom stereocenters. The standard InChI is InChI=1S/C23H23F2N3O4.C20H18F3N3O3/c24-14-1-3-21(32-17-5-7-31-8-6-17)18(9-14)19-10-15(25)12-27(19)16-2-4-22-26-11-20(23(29)30)28(22)13-16;21-5-6-29-18-3-1-12(22)7-15(18)16-8-13(23)10-25(16)14-2-4-19-24-9-17(20(27)28)26(19)11-14/h1-4,9,11,13,15,17,19H,5-8,10,12H2,(H,29,30);1-4,7,9,11,13,16H,5-6,8,10H2,(H,27,28)/t15-,19+;13-,16+/m00/s1. The minimum atomic E-state index is -1.17. The van der Waals surface area contributed by atoms with E-state index in [1.54, 1.807) is 47.6 Å². The molecule has 0 unspecified atom stereocenters. The zero-order valence-corrected chi connectivity index (χ0v) is 32.5. The maximum absolute atomic E-state index is 14.6. The van der Waals surface area contributed by atoms with Crippen LogP contribution in [0.5, 0.6) is 11.5 Å². The molecule has 4 aromatic heterocycles. The lowest BCUT2D eigenvalue weighted by Crippen LogP contribution is -2.28. The van der Waals surface area contributed by atoms with Gasteiger partial charge in [0.2, 0.25) is 0 Å². The Morgan fingerprint density at radius 2 is 1.21 bits per heavy atom. The van der Waals surface area contributed by atoms with Crippen LogP contribution in [0.25, 0.3) is 11.3 Å². The number of carboxylic acid groups (broad SMARTS) is 2. The minimum Gasteiger partial charge on any atom is -0.490 e. The van der Waals surface area contributed by atoms with Crippen molar-refractivity contribution in [2.75, 3.05) is 49.4 Å². The molecule has 0 bridgehead atoms. The molecule has 13 nitrogen and oxygen atoms in total. The van der Waals surface area contributed by atoms with Gasteiger partial charge >= 0.3 is 11.9 Å². The summed E-state index contributed by atoms with van der Waals surface area (Å²) in [7, 11) is 0. The zero-order valence-electron chi connectivity index (χ0n) is 32.5. The molecule has 3 saturated heterocycles. The number of halogens is 5. The van der Waals surface area contributed by atoms with Gasteiger partial charge in [-0.1, -0.05) is 0 Å². The first-order valence-electron chi connectivity index (χ1n) is 19.7. The number of ether oxygens (including phenoxy) is 3. The second-order valence-electron chi connectivity index (χ2n) is 15.0. The number of pyridine rings is 2. The number of fused-ring (bicyclic) bond motifs is 2. The highest BCUT2D eigenvalue weighted by molar-refractivity contribution is 5.87. The molecule has 0 spiro atoms. The molecule has 61 heavy (non-hydrogen) atoms. The van der Waals surface area contributed by atoms with Crippen LogP contribution in [0.1, 0.15) is 69.9 Å². The summed E-state index contributed by atoms with van der Waals surface area (Å²) in [5.41, 5.74) is 3.11. The van der Waals surface area contributed by atoms with E-state index >= 15 is 0 Å². The monoisotopic (exact) mass is 848 g/mol. The molecule has 18 heteroatoms. The molecule has 6 aromatic rings. The largest absolute Gasteiger partial charge is 0.490 e. The van der Waals surface area contributed by atoms with Crippen LogP contribution in [0, 0.1) is 11.6 Å². The smallest absolute Gasteiger partial charge is 0.354 e. The molecule has 0 amide bonds. The van der Waals surface area contributed by atoms with Gasteiger partial charge in [-0.2, -0.15) is 0 Å². The highest BCUT2D eigenvalue weighted by Crippen LogP contribution is 2.43. The summed E-state index contributed by atoms with van der Waals surface area (Å²) in [5, 5.41) is 18.7. The number of aromatic carboxylic acids is 2. The summed E-state index contributed by atoms with van der Waals surface area (Å²) >= 11 is 0. The Morgan fingerprint density at radius 1 is 0.721 bits per heavy atom. The number of nitrogens with zero attached hydrogens (tertiary/aromatic N) is 6. The predicted octanol–water partition coefficient (Wildman–Crippen LogP) is 7.83. The number of rotatable bonds is 11. The van der Waals surface area contributed by atoms with Crippen molar-refractivity contribution < 1.29 is 56.0 Å². The van der Waals surface area contributed by atoms with Crippen molar-refractivity contribution in [2.45, 2.75) is 56.2 Å². The van der Waals surface area contributed by atoms with Crippen LogP contribution in [0.4, 0.5) is 33.3 Å². The SMILES string of the molecule is O=C(O)c1cnc2ccc(N3C[C@@H](F)C[C@@H]3c3cc(F)ccc3OC3CCOCC3)cn12.O=C(O)c1cnc2ccc(N3C[C@@H](F)C[C@@H]3c3cc(F)ccc3OCCF)cn12. The van der Waals surface area contributed by atoms with Gasteiger partial charge in [0.1, 0.15) is 66.2 Å². The molecule has 7 heterocycles. The van der Waals surface area contributed by atoms with Gasteiger partial charge < -0.3 is 34.2 Å². The lowest BCUT2D eigenvalue weighted by atomic mass is 10.0. The van der Waals surface area contributed by atoms with E-state index in [-0.39, 0.29) is 50.0 Å². The first kappa shape index (κ1) is 41.3. The average molecular weight is 849 g/mol. The fourth-order valence-corrected chi connectivity index (χ4v) is 8.24. The van der Waals surface area contributed by atoms with Crippen LogP contribution in [0.2, 0.25) is 0 Å². The first-order chi connectivity index (χ1) is 29.5. The van der Waals surface area contributed by atoms with Crippen LogP contribution in [0.3, 0.4) is 0 Å². The minimum absolute atomic E-state index is 0.0173. The topological polar surface area (TPSA) is 143 Å². The molecule has 3 fully saturated rings. The number of aromatic nitrogens is 4. The molecule has 2 aromatic carbocycles. The predicted molar refractivity (Wildman–Crippen MR) is 212 cm³/mol. The van der Waals surface area contributed by atoms with E-state index in [0.29, 0.717) is 58.5 Å². The van der Waals surface area contributed by atoms with Gasteiger partial charge in [-0.05, 0) is 60.7 Å². The van der Waals surface area contributed by atoms with Crippen LogP contribution >= 0.6 is 0 Å². The second-order valence-corrected chi connectivity index (χ2v) is 15.0. The summed E-state index contributed by atoms with van der Waals surface area (Å²) in [4.78, 5) is 34.6. The third-order valence-corrected chi connectivity index (χ3v) is 11.0. The average Bonchev–Trinajstić information content (AvgIpc) is 4.06. The van der Waals surface area contributed by atoms with Gasteiger partial charge in [0.15, 0.2) is 11.4 Å². The zero-order chi connectivity index (χ0) is 42.8. The van der Waals surface area contributed by atoms with Crippen molar-refractivity contribution in [3.63, 3.8) is 0 Å². The van der Waals surface area contributed by atoms with Crippen LogP contribution in [-0.4, -0.2) is 99.0 Å². The molecule has 320 valence electrons. The molecule has 0 radical (unpaired) electrons. The van der Waals surface area contributed by atoms with Crippen molar-refractivity contribution in [1.82, 2.24) is 18.8 Å². The summed E-state index contributed by atoms with van der Waals surface area (Å²) < 4.78 is 89.6. The van der Waals surface area contributed by atoms with E-state index < -0.39 is 54.7 Å². The fraction of sp³-hybridized carbons (Fsp3) is 0.349. The molecular formula is C43H41F5N6O7. The maximum Gasteiger partial charge on any atom is 0.354 e. The van der Waals surface area contributed by atoms with E-state index in [0.717, 1.165) is 12.8 Å². The number of carbonyl (C=O) groups is 2. The number of hydrogen-bond donors (Lipinski definition) is 2. The summed E-state index contributed by atoms with van der Waals surface area (Å²) in [6.07, 6.45) is 5.18. The second kappa shape index (κ2) is 17.7. The fourth-order valence-electron chi connectivity index (χ4n) is 8.24. The summed E-state index contributed by atoms with van der Waals surface area (Å²) in [6, 6.07) is 14.0. The number of imidazole rings is 2. The van der Waals surface area contributed by atoms with Gasteiger partial charge in [0.05, 0.1) is 49.1 Å². The van der Waals surface area contributed by atoms with Crippen LogP contribution < -0.4 is 19.3 Å². The van der Waals surface area contributed by atoms with Crippen molar-refractivity contribution in [1.29, 1.82) is 0 Å². The van der Waals surface area contributed by atoms with E-state index in [1.807, 2.05) is 4.90 Å². The Balaban J connectivity index is 0.000000169. The quantitative estimate of drug-likeness (QED) is 0.123. The van der Waals surface area contributed by atoms with E-state index in [9.17, 15) is 41.8 Å². The number of carboxylic acids is 2. The lowest BCUT2D eigenvalue weighted by Gasteiger charge is -2.30. The molecule has 3 aliphatic rings. The Kier molecular flexibility index (Phi) is 12.0. The lowest BCUT2D eigenvalue weighted by molar-refractivity contribution is 0.0250. The van der Waals surface area contributed by atoms with E-state index in [4.69, 9.17) is 14.2 Å². The normalized spacial score (nSPS) is 20.5. The Hall–Kier alpha value is -6.43.